The summed E-state index contributed by atoms with van der Waals surface area (Å²) in [7, 11) is 2.21. The Morgan fingerprint density at radius 2 is 2.07 bits per heavy atom. The number of likely N-dealkylation sites (tertiary alicyclic amines) is 1. The Morgan fingerprint density at radius 1 is 1.36 bits per heavy atom. The summed E-state index contributed by atoms with van der Waals surface area (Å²) in [6.07, 6.45) is 4.63. The molecule has 1 N–H and O–H groups in total. The van der Waals surface area contributed by atoms with Crippen LogP contribution in [-0.4, -0.2) is 43.9 Å². The molecule has 2 atom stereocenters. The number of rotatable bonds is 2. The van der Waals surface area contributed by atoms with Crippen LogP contribution in [0.1, 0.15) is 26.2 Å². The monoisotopic (exact) mass is 198 g/mol. The molecule has 82 valence electrons. The van der Waals surface area contributed by atoms with Crippen LogP contribution in [0.3, 0.4) is 0 Å². The molecule has 0 aliphatic carbocycles. The van der Waals surface area contributed by atoms with Gasteiger partial charge in [0, 0.05) is 6.54 Å². The molecule has 14 heavy (non-hydrogen) atoms. The Bertz CT molecular complexity index is 178. The van der Waals surface area contributed by atoms with Gasteiger partial charge in [0.1, 0.15) is 6.23 Å². The molecule has 2 saturated heterocycles. The van der Waals surface area contributed by atoms with Crippen molar-refractivity contribution in [2.45, 2.75) is 38.5 Å². The molecule has 0 saturated carbocycles. The molecule has 0 spiro atoms. The molecule has 2 unspecified atom stereocenters. The molecular weight excluding hydrogens is 176 g/mol. The summed E-state index contributed by atoms with van der Waals surface area (Å²) in [6, 6.07) is 0. The molecule has 2 rings (SSSR count). The summed E-state index contributed by atoms with van der Waals surface area (Å²) in [4.78, 5) is 2.42. The lowest BCUT2D eigenvalue weighted by molar-refractivity contribution is 0.0284. The average molecular weight is 198 g/mol. The summed E-state index contributed by atoms with van der Waals surface area (Å²) in [5, 5.41) is 3.43. The maximum absolute atomic E-state index is 5.77. The topological polar surface area (TPSA) is 24.5 Å². The van der Waals surface area contributed by atoms with Crippen molar-refractivity contribution in [1.29, 1.82) is 0 Å². The minimum absolute atomic E-state index is 0.332. The van der Waals surface area contributed by atoms with Crippen molar-refractivity contribution in [1.82, 2.24) is 10.2 Å². The van der Waals surface area contributed by atoms with Crippen molar-refractivity contribution < 1.29 is 4.74 Å². The quantitative estimate of drug-likeness (QED) is 0.718. The van der Waals surface area contributed by atoms with E-state index in [0.717, 1.165) is 12.5 Å². The molecule has 0 aromatic rings. The van der Waals surface area contributed by atoms with Gasteiger partial charge in [-0.1, -0.05) is 0 Å². The predicted octanol–water partition coefficient (Wildman–Crippen LogP) is 1.05. The molecule has 0 aromatic carbocycles. The SMILES string of the molecule is CC1CNC(CC2CCN(C)CC2)O1. The van der Waals surface area contributed by atoms with E-state index in [1.807, 2.05) is 0 Å². The summed E-state index contributed by atoms with van der Waals surface area (Å²) in [5.74, 6) is 0.869. The van der Waals surface area contributed by atoms with Crippen LogP contribution >= 0.6 is 0 Å². The molecule has 2 aliphatic rings. The van der Waals surface area contributed by atoms with Crippen LogP contribution in [0.15, 0.2) is 0 Å². The van der Waals surface area contributed by atoms with Crippen LogP contribution in [0.5, 0.6) is 0 Å². The van der Waals surface area contributed by atoms with Gasteiger partial charge >= 0.3 is 0 Å². The van der Waals surface area contributed by atoms with Gasteiger partial charge in [0.05, 0.1) is 6.10 Å². The van der Waals surface area contributed by atoms with Crippen molar-refractivity contribution in [3.05, 3.63) is 0 Å². The van der Waals surface area contributed by atoms with Crippen LogP contribution in [0.25, 0.3) is 0 Å². The molecule has 2 heterocycles. The van der Waals surface area contributed by atoms with E-state index in [1.54, 1.807) is 0 Å². The number of hydrogen-bond donors (Lipinski definition) is 1. The Balaban J connectivity index is 1.70. The normalized spacial score (nSPS) is 36.4. The number of piperidine rings is 1. The second kappa shape index (κ2) is 4.60. The standard InChI is InChI=1S/C11H22N2O/c1-9-8-12-11(14-9)7-10-3-5-13(2)6-4-10/h9-12H,3-8H2,1-2H3. The van der Waals surface area contributed by atoms with Gasteiger partial charge in [-0.25, -0.2) is 0 Å². The predicted molar refractivity (Wildman–Crippen MR) is 57.2 cm³/mol. The van der Waals surface area contributed by atoms with Gasteiger partial charge in [-0.2, -0.15) is 0 Å². The Hall–Kier alpha value is -0.120. The Morgan fingerprint density at radius 3 is 2.64 bits per heavy atom. The second-order valence-corrected chi connectivity index (χ2v) is 4.83. The van der Waals surface area contributed by atoms with E-state index in [0.29, 0.717) is 12.3 Å². The fourth-order valence-corrected chi connectivity index (χ4v) is 2.41. The van der Waals surface area contributed by atoms with Crippen molar-refractivity contribution in [2.24, 2.45) is 5.92 Å². The third-order valence-electron chi connectivity index (χ3n) is 3.42. The smallest absolute Gasteiger partial charge is 0.108 e. The summed E-state index contributed by atoms with van der Waals surface area (Å²) < 4.78 is 5.77. The lowest BCUT2D eigenvalue weighted by atomic mass is 9.93. The van der Waals surface area contributed by atoms with Crippen molar-refractivity contribution in [2.75, 3.05) is 26.7 Å². The lowest BCUT2D eigenvalue weighted by Crippen LogP contribution is -2.34. The van der Waals surface area contributed by atoms with Crippen LogP contribution in [0.4, 0.5) is 0 Å². The zero-order valence-corrected chi connectivity index (χ0v) is 9.33. The Kier molecular flexibility index (Phi) is 3.42. The maximum atomic E-state index is 5.77. The molecule has 3 heteroatoms. The molecule has 0 aromatic heterocycles. The summed E-state index contributed by atoms with van der Waals surface area (Å²) in [5.41, 5.74) is 0. The minimum atomic E-state index is 0.332. The van der Waals surface area contributed by atoms with E-state index in [2.05, 4.69) is 24.2 Å². The molecule has 0 amide bonds. The first-order valence-corrected chi connectivity index (χ1v) is 5.81. The van der Waals surface area contributed by atoms with Gasteiger partial charge in [-0.15, -0.1) is 0 Å². The van der Waals surface area contributed by atoms with Gasteiger partial charge < -0.3 is 9.64 Å². The van der Waals surface area contributed by atoms with Crippen molar-refractivity contribution in [3.63, 3.8) is 0 Å². The largest absolute Gasteiger partial charge is 0.359 e. The molecule has 2 aliphatic heterocycles. The van der Waals surface area contributed by atoms with E-state index >= 15 is 0 Å². The second-order valence-electron chi connectivity index (χ2n) is 4.83. The fraction of sp³-hybridized carbons (Fsp3) is 1.00. The zero-order chi connectivity index (χ0) is 9.97. The van der Waals surface area contributed by atoms with Crippen molar-refractivity contribution in [3.8, 4) is 0 Å². The average Bonchev–Trinajstić information content (AvgIpc) is 2.56. The maximum Gasteiger partial charge on any atom is 0.108 e. The highest BCUT2D eigenvalue weighted by atomic mass is 16.5. The minimum Gasteiger partial charge on any atom is -0.359 e. The van der Waals surface area contributed by atoms with Crippen LogP contribution < -0.4 is 5.32 Å². The highest BCUT2D eigenvalue weighted by Gasteiger charge is 2.25. The van der Waals surface area contributed by atoms with Gasteiger partial charge in [0.25, 0.3) is 0 Å². The lowest BCUT2D eigenvalue weighted by Gasteiger charge is -2.30. The van der Waals surface area contributed by atoms with E-state index in [9.17, 15) is 0 Å². The fourth-order valence-electron chi connectivity index (χ4n) is 2.41. The van der Waals surface area contributed by atoms with Gasteiger partial charge in [-0.05, 0) is 52.2 Å². The first kappa shape index (κ1) is 10.4. The zero-order valence-electron chi connectivity index (χ0n) is 9.33. The molecule has 3 nitrogen and oxygen atoms in total. The van der Waals surface area contributed by atoms with E-state index in [1.165, 1.54) is 32.4 Å². The van der Waals surface area contributed by atoms with E-state index in [4.69, 9.17) is 4.74 Å². The van der Waals surface area contributed by atoms with Crippen molar-refractivity contribution >= 4 is 0 Å². The first-order valence-electron chi connectivity index (χ1n) is 5.81. The molecule has 2 fully saturated rings. The highest BCUT2D eigenvalue weighted by molar-refractivity contribution is 4.76. The van der Waals surface area contributed by atoms with Gasteiger partial charge in [0.2, 0.25) is 0 Å². The molecule has 0 bridgehead atoms. The summed E-state index contributed by atoms with van der Waals surface area (Å²) in [6.45, 7) is 5.68. The van der Waals surface area contributed by atoms with E-state index in [-0.39, 0.29) is 0 Å². The van der Waals surface area contributed by atoms with Gasteiger partial charge in [0.15, 0.2) is 0 Å². The Labute approximate surface area is 86.8 Å². The number of nitrogens with one attached hydrogen (secondary N) is 1. The number of nitrogens with zero attached hydrogens (tertiary/aromatic N) is 1. The van der Waals surface area contributed by atoms with Crippen LogP contribution in [-0.2, 0) is 4.74 Å². The molecule has 0 radical (unpaired) electrons. The third-order valence-corrected chi connectivity index (χ3v) is 3.42. The van der Waals surface area contributed by atoms with E-state index < -0.39 is 0 Å². The van der Waals surface area contributed by atoms with Gasteiger partial charge in [-0.3, -0.25) is 5.32 Å². The van der Waals surface area contributed by atoms with Crippen LogP contribution in [0.2, 0.25) is 0 Å². The number of ether oxygens (including phenoxy) is 1. The first-order chi connectivity index (χ1) is 6.74. The number of hydrogen-bond acceptors (Lipinski definition) is 3. The highest BCUT2D eigenvalue weighted by Crippen LogP contribution is 2.23. The summed E-state index contributed by atoms with van der Waals surface area (Å²) >= 11 is 0. The molecular formula is C11H22N2O. The third kappa shape index (κ3) is 2.69. The van der Waals surface area contributed by atoms with Crippen LogP contribution in [0, 0.1) is 5.92 Å².